The van der Waals surface area contributed by atoms with Crippen molar-refractivity contribution in [2.45, 2.75) is 52.6 Å². The van der Waals surface area contributed by atoms with Gasteiger partial charge >= 0.3 is 0 Å². The number of nitrogens with one attached hydrogen (secondary N) is 1. The minimum absolute atomic E-state index is 0.0319. The first-order valence-electron chi connectivity index (χ1n) is 11.7. The molecule has 0 aliphatic carbocycles. The van der Waals surface area contributed by atoms with Gasteiger partial charge in [-0.05, 0) is 49.9 Å². The zero-order chi connectivity index (χ0) is 23.4. The van der Waals surface area contributed by atoms with Gasteiger partial charge < -0.3 is 10.2 Å². The summed E-state index contributed by atoms with van der Waals surface area (Å²) in [5, 5.41) is 7.43. The van der Waals surface area contributed by atoms with Crippen molar-refractivity contribution >= 4 is 11.8 Å². The lowest BCUT2D eigenvalue weighted by atomic mass is 9.93. The first-order chi connectivity index (χ1) is 15.9. The van der Waals surface area contributed by atoms with E-state index in [4.69, 9.17) is 0 Å². The van der Waals surface area contributed by atoms with Crippen molar-refractivity contribution in [3.63, 3.8) is 0 Å². The molecule has 2 amide bonds. The van der Waals surface area contributed by atoms with Crippen LogP contribution in [0.15, 0.2) is 54.6 Å². The predicted octanol–water partition coefficient (Wildman–Crippen LogP) is 3.83. The van der Waals surface area contributed by atoms with E-state index in [0.29, 0.717) is 38.9 Å². The van der Waals surface area contributed by atoms with Gasteiger partial charge in [-0.3, -0.25) is 14.3 Å². The van der Waals surface area contributed by atoms with Crippen LogP contribution in [0.25, 0.3) is 11.1 Å². The highest BCUT2D eigenvalue weighted by atomic mass is 16.2. The fourth-order valence-corrected chi connectivity index (χ4v) is 4.64. The molecule has 1 N–H and O–H groups in total. The summed E-state index contributed by atoms with van der Waals surface area (Å²) in [5.74, 6) is -0.0448. The molecule has 0 bridgehead atoms. The summed E-state index contributed by atoms with van der Waals surface area (Å²) in [5.41, 5.74) is 6.59. The van der Waals surface area contributed by atoms with Gasteiger partial charge in [-0.25, -0.2) is 0 Å². The van der Waals surface area contributed by atoms with Crippen molar-refractivity contribution in [1.29, 1.82) is 0 Å². The molecule has 172 valence electrons. The number of rotatable bonds is 7. The third kappa shape index (κ3) is 5.33. The Labute approximate surface area is 195 Å². The maximum absolute atomic E-state index is 13.1. The van der Waals surface area contributed by atoms with Crippen molar-refractivity contribution in [3.8, 4) is 11.1 Å². The molecular weight excluding hydrogens is 412 g/mol. The molecule has 4 rings (SSSR count). The summed E-state index contributed by atoms with van der Waals surface area (Å²) >= 11 is 0. The molecule has 2 heterocycles. The van der Waals surface area contributed by atoms with E-state index in [9.17, 15) is 9.59 Å². The lowest BCUT2D eigenvalue weighted by Crippen LogP contribution is -2.58. The van der Waals surface area contributed by atoms with Crippen molar-refractivity contribution in [3.05, 3.63) is 77.1 Å². The van der Waals surface area contributed by atoms with Crippen LogP contribution in [0.2, 0.25) is 0 Å². The van der Waals surface area contributed by atoms with Gasteiger partial charge in [-0.15, -0.1) is 0 Å². The quantitative estimate of drug-likeness (QED) is 0.602. The fraction of sp³-hybridized carbons (Fsp3) is 0.370. The van der Waals surface area contributed by atoms with Crippen molar-refractivity contribution in [2.75, 3.05) is 13.1 Å². The van der Waals surface area contributed by atoms with Crippen molar-refractivity contribution in [2.24, 2.45) is 0 Å². The van der Waals surface area contributed by atoms with Gasteiger partial charge in [0.2, 0.25) is 11.8 Å². The average Bonchev–Trinajstić information content (AvgIpc) is 3.12. The Morgan fingerprint density at radius 3 is 2.67 bits per heavy atom. The molecule has 1 aliphatic heterocycles. The number of aromatic nitrogens is 2. The summed E-state index contributed by atoms with van der Waals surface area (Å²) in [6, 6.07) is 18.1. The summed E-state index contributed by atoms with van der Waals surface area (Å²) in [6.45, 7) is 7.82. The zero-order valence-electron chi connectivity index (χ0n) is 19.7. The van der Waals surface area contributed by atoms with Crippen molar-refractivity contribution < 1.29 is 9.59 Å². The number of hydrogen-bond acceptors (Lipinski definition) is 3. The van der Waals surface area contributed by atoms with E-state index < -0.39 is 6.04 Å². The topological polar surface area (TPSA) is 67.2 Å². The Kier molecular flexibility index (Phi) is 6.92. The Hall–Kier alpha value is -3.41. The van der Waals surface area contributed by atoms with E-state index in [1.807, 2.05) is 42.8 Å². The average molecular weight is 445 g/mol. The van der Waals surface area contributed by atoms with Gasteiger partial charge in [0.05, 0.1) is 5.69 Å². The summed E-state index contributed by atoms with van der Waals surface area (Å²) in [4.78, 5) is 27.8. The molecule has 1 aromatic heterocycles. The number of aryl methyl sites for hydroxylation is 4. The summed E-state index contributed by atoms with van der Waals surface area (Å²) < 4.78 is 1.95. The lowest BCUT2D eigenvalue weighted by molar-refractivity contribution is -0.143. The second kappa shape index (κ2) is 10.0. The molecule has 2 aromatic carbocycles. The molecule has 0 spiro atoms. The number of amides is 2. The standard InChI is InChI=1S/C27H32N4O2/c1-19-8-6-10-22(16-19)24-11-5-4-9-23(24)18-25-27(33)28-13-15-30(25)26(32)12-7-14-31-21(3)17-20(2)29-31/h4-6,8-11,16-17,25H,7,12-15,18H2,1-3H3,(H,28,33)/t25-/m0/s1. The van der Waals surface area contributed by atoms with Gasteiger partial charge in [0.1, 0.15) is 6.04 Å². The maximum Gasteiger partial charge on any atom is 0.243 e. The highest BCUT2D eigenvalue weighted by molar-refractivity contribution is 5.89. The van der Waals surface area contributed by atoms with Crippen LogP contribution in [0.3, 0.4) is 0 Å². The number of carbonyl (C=O) groups is 2. The van der Waals surface area contributed by atoms with E-state index in [1.54, 1.807) is 4.90 Å². The second-order valence-corrected chi connectivity index (χ2v) is 8.88. The highest BCUT2D eigenvalue weighted by Crippen LogP contribution is 2.27. The summed E-state index contributed by atoms with van der Waals surface area (Å²) in [7, 11) is 0. The maximum atomic E-state index is 13.1. The second-order valence-electron chi connectivity index (χ2n) is 8.88. The van der Waals surface area contributed by atoms with E-state index >= 15 is 0 Å². The molecule has 3 aromatic rings. The first kappa shape index (κ1) is 22.8. The third-order valence-electron chi connectivity index (χ3n) is 6.27. The normalized spacial score (nSPS) is 16.0. The minimum Gasteiger partial charge on any atom is -0.353 e. The molecule has 0 radical (unpaired) electrons. The monoisotopic (exact) mass is 444 g/mol. The van der Waals surface area contributed by atoms with Gasteiger partial charge in [0.15, 0.2) is 0 Å². The number of benzene rings is 2. The SMILES string of the molecule is Cc1cccc(-c2ccccc2C[C@H]2C(=O)NCCN2C(=O)CCCn2nc(C)cc2C)c1. The first-order valence-corrected chi connectivity index (χ1v) is 11.7. The van der Waals surface area contributed by atoms with Crippen LogP contribution in [0.1, 0.15) is 35.4 Å². The highest BCUT2D eigenvalue weighted by Gasteiger charge is 2.33. The molecule has 1 atom stereocenters. The van der Waals surface area contributed by atoms with Gasteiger partial charge in [-0.2, -0.15) is 5.10 Å². The molecule has 6 heteroatoms. The number of piperazine rings is 1. The molecule has 6 nitrogen and oxygen atoms in total. The van der Waals surface area contributed by atoms with Crippen LogP contribution in [-0.4, -0.2) is 45.6 Å². The van der Waals surface area contributed by atoms with Crippen LogP contribution in [-0.2, 0) is 22.6 Å². The zero-order valence-corrected chi connectivity index (χ0v) is 19.7. The smallest absolute Gasteiger partial charge is 0.243 e. The van der Waals surface area contributed by atoms with E-state index in [-0.39, 0.29) is 11.8 Å². The molecule has 1 fully saturated rings. The Balaban J connectivity index is 1.48. The van der Waals surface area contributed by atoms with Gasteiger partial charge in [0, 0.05) is 38.2 Å². The molecule has 0 unspecified atom stereocenters. The Morgan fingerprint density at radius 1 is 1.09 bits per heavy atom. The molecule has 1 aliphatic rings. The van der Waals surface area contributed by atoms with Crippen LogP contribution < -0.4 is 5.32 Å². The number of carbonyl (C=O) groups excluding carboxylic acids is 2. The number of nitrogens with zero attached hydrogens (tertiary/aromatic N) is 3. The summed E-state index contributed by atoms with van der Waals surface area (Å²) in [6.07, 6.45) is 1.60. The molecule has 1 saturated heterocycles. The van der Waals surface area contributed by atoms with Crippen molar-refractivity contribution in [1.82, 2.24) is 20.0 Å². The molecule has 33 heavy (non-hydrogen) atoms. The van der Waals surface area contributed by atoms with Gasteiger partial charge in [0.25, 0.3) is 0 Å². The fourth-order valence-electron chi connectivity index (χ4n) is 4.64. The van der Waals surface area contributed by atoms with Crippen LogP contribution in [0, 0.1) is 20.8 Å². The Bertz CT molecular complexity index is 1150. The third-order valence-corrected chi connectivity index (χ3v) is 6.27. The number of hydrogen-bond donors (Lipinski definition) is 1. The molecular formula is C27H32N4O2. The largest absolute Gasteiger partial charge is 0.353 e. The lowest BCUT2D eigenvalue weighted by Gasteiger charge is -2.35. The van der Waals surface area contributed by atoms with Crippen LogP contribution in [0.4, 0.5) is 0 Å². The minimum atomic E-state index is -0.495. The van der Waals surface area contributed by atoms with E-state index in [2.05, 4.69) is 47.7 Å². The van der Waals surface area contributed by atoms with E-state index in [1.165, 1.54) is 5.56 Å². The van der Waals surface area contributed by atoms with Crippen LogP contribution in [0.5, 0.6) is 0 Å². The van der Waals surface area contributed by atoms with Crippen LogP contribution >= 0.6 is 0 Å². The van der Waals surface area contributed by atoms with Gasteiger partial charge in [-0.1, -0.05) is 54.1 Å². The van der Waals surface area contributed by atoms with E-state index in [0.717, 1.165) is 28.1 Å². The predicted molar refractivity (Wildman–Crippen MR) is 130 cm³/mol. The molecule has 0 saturated carbocycles. The Morgan fingerprint density at radius 2 is 1.91 bits per heavy atom.